The summed E-state index contributed by atoms with van der Waals surface area (Å²) >= 11 is 0. The number of nitrogens with one attached hydrogen (secondary N) is 1. The van der Waals surface area contributed by atoms with Gasteiger partial charge < -0.3 is 5.32 Å². The molecule has 0 spiro atoms. The van der Waals surface area contributed by atoms with Gasteiger partial charge in [0, 0.05) is 18.8 Å². The van der Waals surface area contributed by atoms with Gasteiger partial charge in [-0.2, -0.15) is 10.2 Å². The molecule has 0 unspecified atom stereocenters. The van der Waals surface area contributed by atoms with E-state index >= 15 is 0 Å². The maximum absolute atomic E-state index is 12.6. The molecule has 6 heteroatoms. The molecule has 2 aromatic heterocycles. The third-order valence-electron chi connectivity index (χ3n) is 4.64. The number of benzene rings is 1. The van der Waals surface area contributed by atoms with Gasteiger partial charge >= 0.3 is 0 Å². The van der Waals surface area contributed by atoms with Crippen molar-refractivity contribution in [3.05, 3.63) is 70.8 Å². The first-order chi connectivity index (χ1) is 13.1. The number of carbonyl (C=O) groups is 1. The second kappa shape index (κ2) is 8.66. The Kier molecular flexibility index (Phi) is 6.06. The highest BCUT2D eigenvalue weighted by Crippen LogP contribution is 2.12. The number of aromatic nitrogens is 4. The smallest absolute Gasteiger partial charge is 0.254 e. The van der Waals surface area contributed by atoms with Crippen molar-refractivity contribution in [2.45, 2.75) is 46.7 Å². The molecule has 6 nitrogen and oxygen atoms in total. The summed E-state index contributed by atoms with van der Waals surface area (Å²) in [6.45, 7) is 8.18. The standard InChI is InChI=1S/C21H27N5O/c1-4-20-19(14-23-26(20)15-18-9-6-5-7-10-18)21(27)22-11-8-12-25-17(3)13-16(2)24-25/h5-7,9-10,13-14H,4,8,11-12,15H2,1-3H3,(H,22,27). The molecule has 0 fully saturated rings. The Balaban J connectivity index is 1.57. The van der Waals surface area contributed by atoms with Gasteiger partial charge in [0.1, 0.15) is 0 Å². The lowest BCUT2D eigenvalue weighted by Crippen LogP contribution is -2.26. The quantitative estimate of drug-likeness (QED) is 0.624. The Morgan fingerprint density at radius 1 is 1.15 bits per heavy atom. The van der Waals surface area contributed by atoms with E-state index in [-0.39, 0.29) is 5.91 Å². The number of amides is 1. The number of carbonyl (C=O) groups excluding carboxylic acids is 1. The average molecular weight is 365 g/mol. The van der Waals surface area contributed by atoms with Crippen LogP contribution in [0.1, 0.15) is 46.3 Å². The van der Waals surface area contributed by atoms with E-state index in [9.17, 15) is 4.79 Å². The zero-order chi connectivity index (χ0) is 19.2. The number of rotatable bonds is 8. The Morgan fingerprint density at radius 3 is 2.59 bits per heavy atom. The van der Waals surface area contributed by atoms with Crippen molar-refractivity contribution in [1.29, 1.82) is 0 Å². The van der Waals surface area contributed by atoms with Gasteiger partial charge in [0.15, 0.2) is 0 Å². The van der Waals surface area contributed by atoms with Crippen LogP contribution in [-0.4, -0.2) is 32.0 Å². The molecule has 0 atom stereocenters. The normalized spacial score (nSPS) is 10.9. The van der Waals surface area contributed by atoms with Crippen molar-refractivity contribution in [3.8, 4) is 0 Å². The van der Waals surface area contributed by atoms with Gasteiger partial charge in [0.25, 0.3) is 5.91 Å². The third kappa shape index (κ3) is 4.64. The summed E-state index contributed by atoms with van der Waals surface area (Å²) in [5, 5.41) is 11.9. The molecule has 0 aliphatic heterocycles. The monoisotopic (exact) mass is 365 g/mol. The SMILES string of the molecule is CCc1c(C(=O)NCCCn2nc(C)cc2C)cnn1Cc1ccccc1. The Bertz CT molecular complexity index is 895. The Labute approximate surface area is 160 Å². The summed E-state index contributed by atoms with van der Waals surface area (Å²) in [5.41, 5.74) is 4.98. The topological polar surface area (TPSA) is 64.7 Å². The van der Waals surface area contributed by atoms with Crippen LogP contribution < -0.4 is 5.32 Å². The van der Waals surface area contributed by atoms with E-state index in [0.717, 1.165) is 36.5 Å². The molecule has 142 valence electrons. The Hall–Kier alpha value is -2.89. The molecule has 27 heavy (non-hydrogen) atoms. The lowest BCUT2D eigenvalue weighted by atomic mass is 10.1. The summed E-state index contributed by atoms with van der Waals surface area (Å²) in [6, 6.07) is 12.2. The maximum Gasteiger partial charge on any atom is 0.254 e. The molecule has 0 saturated carbocycles. The van der Waals surface area contributed by atoms with Gasteiger partial charge in [-0.15, -0.1) is 0 Å². The van der Waals surface area contributed by atoms with Crippen molar-refractivity contribution in [2.75, 3.05) is 6.54 Å². The van der Waals surface area contributed by atoms with Crippen LogP contribution in [0.3, 0.4) is 0 Å². The van der Waals surface area contributed by atoms with Crippen molar-refractivity contribution < 1.29 is 4.79 Å². The second-order valence-electron chi connectivity index (χ2n) is 6.76. The largest absolute Gasteiger partial charge is 0.352 e. The van der Waals surface area contributed by atoms with Gasteiger partial charge in [-0.05, 0) is 38.3 Å². The fourth-order valence-corrected chi connectivity index (χ4v) is 3.29. The highest BCUT2D eigenvalue weighted by Gasteiger charge is 2.16. The molecule has 1 aromatic carbocycles. The van der Waals surface area contributed by atoms with E-state index in [2.05, 4.69) is 40.6 Å². The number of aryl methyl sites for hydroxylation is 3. The molecule has 0 bridgehead atoms. The first kappa shape index (κ1) is 18.9. The summed E-state index contributed by atoms with van der Waals surface area (Å²) in [4.78, 5) is 12.6. The molecule has 0 radical (unpaired) electrons. The Morgan fingerprint density at radius 2 is 1.93 bits per heavy atom. The van der Waals surface area contributed by atoms with E-state index < -0.39 is 0 Å². The van der Waals surface area contributed by atoms with E-state index in [4.69, 9.17) is 0 Å². The van der Waals surface area contributed by atoms with Crippen LogP contribution in [-0.2, 0) is 19.5 Å². The van der Waals surface area contributed by atoms with Gasteiger partial charge in [0.2, 0.25) is 0 Å². The molecule has 0 saturated heterocycles. The molecule has 0 aliphatic rings. The van der Waals surface area contributed by atoms with Crippen LogP contribution in [0.4, 0.5) is 0 Å². The fraction of sp³-hybridized carbons (Fsp3) is 0.381. The molecular weight excluding hydrogens is 338 g/mol. The first-order valence-electron chi connectivity index (χ1n) is 9.46. The molecule has 0 aliphatic carbocycles. The van der Waals surface area contributed by atoms with Crippen LogP contribution in [0.2, 0.25) is 0 Å². The van der Waals surface area contributed by atoms with Crippen LogP contribution in [0.15, 0.2) is 42.6 Å². The minimum absolute atomic E-state index is 0.0560. The van der Waals surface area contributed by atoms with Crippen molar-refractivity contribution in [2.24, 2.45) is 0 Å². The minimum atomic E-state index is -0.0560. The van der Waals surface area contributed by atoms with Crippen molar-refractivity contribution in [1.82, 2.24) is 24.9 Å². The predicted molar refractivity (Wildman–Crippen MR) is 106 cm³/mol. The number of nitrogens with zero attached hydrogens (tertiary/aromatic N) is 4. The van der Waals surface area contributed by atoms with E-state index in [0.29, 0.717) is 18.7 Å². The second-order valence-corrected chi connectivity index (χ2v) is 6.76. The van der Waals surface area contributed by atoms with Gasteiger partial charge in [-0.1, -0.05) is 37.3 Å². The summed E-state index contributed by atoms with van der Waals surface area (Å²) < 4.78 is 3.90. The van der Waals surface area contributed by atoms with Crippen molar-refractivity contribution >= 4 is 5.91 Å². The highest BCUT2D eigenvalue weighted by atomic mass is 16.1. The average Bonchev–Trinajstić information content (AvgIpc) is 3.21. The highest BCUT2D eigenvalue weighted by molar-refractivity contribution is 5.95. The minimum Gasteiger partial charge on any atom is -0.352 e. The number of hydrogen-bond donors (Lipinski definition) is 1. The fourth-order valence-electron chi connectivity index (χ4n) is 3.29. The van der Waals surface area contributed by atoms with Gasteiger partial charge in [0.05, 0.1) is 29.7 Å². The summed E-state index contributed by atoms with van der Waals surface area (Å²) in [5.74, 6) is -0.0560. The van der Waals surface area contributed by atoms with E-state index in [1.165, 1.54) is 5.56 Å². The maximum atomic E-state index is 12.6. The first-order valence-corrected chi connectivity index (χ1v) is 9.46. The molecule has 3 aromatic rings. The molecule has 3 rings (SSSR count). The summed E-state index contributed by atoms with van der Waals surface area (Å²) in [6.07, 6.45) is 3.28. The molecule has 1 amide bonds. The van der Waals surface area contributed by atoms with Crippen LogP contribution in [0, 0.1) is 13.8 Å². The van der Waals surface area contributed by atoms with E-state index in [1.807, 2.05) is 41.4 Å². The van der Waals surface area contributed by atoms with Crippen molar-refractivity contribution in [3.63, 3.8) is 0 Å². The molecule has 2 heterocycles. The van der Waals surface area contributed by atoms with Crippen LogP contribution in [0.5, 0.6) is 0 Å². The predicted octanol–water partition coefficient (Wildman–Crippen LogP) is 3.13. The van der Waals surface area contributed by atoms with Gasteiger partial charge in [-0.25, -0.2) is 0 Å². The number of hydrogen-bond acceptors (Lipinski definition) is 3. The van der Waals surface area contributed by atoms with Crippen LogP contribution >= 0.6 is 0 Å². The zero-order valence-electron chi connectivity index (χ0n) is 16.3. The van der Waals surface area contributed by atoms with Gasteiger partial charge in [-0.3, -0.25) is 14.2 Å². The molecular formula is C21H27N5O. The van der Waals surface area contributed by atoms with Crippen LogP contribution in [0.25, 0.3) is 0 Å². The molecule has 1 N–H and O–H groups in total. The lowest BCUT2D eigenvalue weighted by Gasteiger charge is -2.09. The van der Waals surface area contributed by atoms with E-state index in [1.54, 1.807) is 6.20 Å². The third-order valence-corrected chi connectivity index (χ3v) is 4.64. The summed E-state index contributed by atoms with van der Waals surface area (Å²) in [7, 11) is 0. The zero-order valence-corrected chi connectivity index (χ0v) is 16.3. The lowest BCUT2D eigenvalue weighted by molar-refractivity contribution is 0.0951.